The topological polar surface area (TPSA) is 23.6 Å². The minimum Gasteiger partial charge on any atom is -0.369 e. The van der Waals surface area contributed by atoms with E-state index in [0.29, 0.717) is 5.56 Å². The molecule has 0 aliphatic carbocycles. The Balaban J connectivity index is 2.18. The second-order valence-electron chi connectivity index (χ2n) is 5.61. The van der Waals surface area contributed by atoms with Crippen molar-refractivity contribution < 1.29 is 18.0 Å². The minimum atomic E-state index is -4.83. The summed E-state index contributed by atoms with van der Waals surface area (Å²) in [5.41, 5.74) is 0.890. The van der Waals surface area contributed by atoms with Crippen molar-refractivity contribution in [2.45, 2.75) is 26.4 Å². The summed E-state index contributed by atoms with van der Waals surface area (Å²) in [5, 5.41) is 0. The van der Waals surface area contributed by atoms with Gasteiger partial charge < -0.3 is 4.90 Å². The summed E-state index contributed by atoms with van der Waals surface area (Å²) in [6, 6.07) is 4.57. The van der Waals surface area contributed by atoms with E-state index >= 15 is 0 Å². The highest BCUT2D eigenvalue weighted by atomic mass is 19.4. The van der Waals surface area contributed by atoms with Gasteiger partial charge in [-0.05, 0) is 31.5 Å². The highest BCUT2D eigenvalue weighted by Gasteiger charge is 2.40. The van der Waals surface area contributed by atoms with E-state index in [4.69, 9.17) is 0 Å². The van der Waals surface area contributed by atoms with Crippen LogP contribution < -0.4 is 4.90 Å². The van der Waals surface area contributed by atoms with Crippen LogP contribution in [-0.4, -0.2) is 49.6 Å². The summed E-state index contributed by atoms with van der Waals surface area (Å²) in [5.74, 6) is -1.77. The molecule has 1 aliphatic rings. The molecule has 1 fully saturated rings. The lowest BCUT2D eigenvalue weighted by Crippen LogP contribution is -2.46. The maximum Gasteiger partial charge on any atom is 0.454 e. The molecule has 0 radical (unpaired) electrons. The molecule has 0 amide bonds. The predicted molar refractivity (Wildman–Crippen MR) is 80.5 cm³/mol. The number of hydrogen-bond acceptors (Lipinski definition) is 3. The lowest BCUT2D eigenvalue weighted by Gasteiger charge is -2.37. The fourth-order valence-electron chi connectivity index (χ4n) is 2.89. The predicted octanol–water partition coefficient (Wildman–Crippen LogP) is 3.27. The molecule has 3 nitrogen and oxygen atoms in total. The summed E-state index contributed by atoms with van der Waals surface area (Å²) in [6.45, 7) is 8.08. The average molecular weight is 314 g/mol. The second kappa shape index (κ2) is 6.69. The average Bonchev–Trinajstić information content (AvgIpc) is 2.47. The van der Waals surface area contributed by atoms with Crippen LogP contribution in [-0.2, 0) is 0 Å². The number of anilines is 1. The SMILES string of the molecule is CCCN1CCN(c2cccc(C(=O)C(F)(F)F)c2C)CC1. The van der Waals surface area contributed by atoms with Gasteiger partial charge in [-0.3, -0.25) is 9.69 Å². The van der Waals surface area contributed by atoms with Crippen molar-refractivity contribution in [1.29, 1.82) is 0 Å². The molecule has 0 aromatic heterocycles. The second-order valence-corrected chi connectivity index (χ2v) is 5.61. The molecular weight excluding hydrogens is 293 g/mol. The molecule has 1 aliphatic heterocycles. The van der Waals surface area contributed by atoms with Crippen molar-refractivity contribution in [3.8, 4) is 0 Å². The minimum absolute atomic E-state index is 0.249. The zero-order valence-electron chi connectivity index (χ0n) is 12.9. The normalized spacial score (nSPS) is 16.9. The lowest BCUT2D eigenvalue weighted by atomic mass is 10.0. The Labute approximate surface area is 128 Å². The van der Waals surface area contributed by atoms with Gasteiger partial charge in [0.05, 0.1) is 0 Å². The molecule has 2 rings (SSSR count). The summed E-state index contributed by atoms with van der Waals surface area (Å²) < 4.78 is 38.0. The molecule has 1 heterocycles. The summed E-state index contributed by atoms with van der Waals surface area (Å²) in [4.78, 5) is 15.9. The number of piperazine rings is 1. The number of benzene rings is 1. The lowest BCUT2D eigenvalue weighted by molar-refractivity contribution is -0.0885. The van der Waals surface area contributed by atoms with E-state index in [2.05, 4.69) is 16.7 Å². The molecule has 0 unspecified atom stereocenters. The van der Waals surface area contributed by atoms with Gasteiger partial charge in [0.2, 0.25) is 0 Å². The monoisotopic (exact) mass is 314 g/mol. The van der Waals surface area contributed by atoms with Gasteiger partial charge in [-0.1, -0.05) is 19.1 Å². The third-order valence-corrected chi connectivity index (χ3v) is 4.06. The maximum absolute atomic E-state index is 12.7. The number of carbonyl (C=O) groups excluding carboxylic acids is 1. The number of carbonyl (C=O) groups is 1. The summed E-state index contributed by atoms with van der Waals surface area (Å²) >= 11 is 0. The van der Waals surface area contributed by atoms with Gasteiger partial charge in [0.1, 0.15) is 0 Å². The van der Waals surface area contributed by atoms with Gasteiger partial charge in [0, 0.05) is 37.4 Å². The van der Waals surface area contributed by atoms with E-state index in [1.54, 1.807) is 13.0 Å². The van der Waals surface area contributed by atoms with Crippen LogP contribution in [0.4, 0.5) is 18.9 Å². The third-order valence-electron chi connectivity index (χ3n) is 4.06. The quantitative estimate of drug-likeness (QED) is 0.797. The highest BCUT2D eigenvalue weighted by molar-refractivity contribution is 6.02. The summed E-state index contributed by atoms with van der Waals surface area (Å²) in [7, 11) is 0. The Morgan fingerprint density at radius 1 is 1.18 bits per heavy atom. The molecule has 22 heavy (non-hydrogen) atoms. The number of hydrogen-bond donors (Lipinski definition) is 0. The Morgan fingerprint density at radius 2 is 1.82 bits per heavy atom. The number of ketones is 1. The molecule has 0 N–H and O–H groups in total. The van der Waals surface area contributed by atoms with E-state index in [-0.39, 0.29) is 5.56 Å². The molecule has 1 aromatic carbocycles. The van der Waals surface area contributed by atoms with Crippen LogP contribution in [0.2, 0.25) is 0 Å². The van der Waals surface area contributed by atoms with Gasteiger partial charge in [0.25, 0.3) is 5.78 Å². The van der Waals surface area contributed by atoms with Crippen molar-refractivity contribution >= 4 is 11.5 Å². The van der Waals surface area contributed by atoms with Crippen LogP contribution in [0.25, 0.3) is 0 Å². The van der Waals surface area contributed by atoms with Crippen molar-refractivity contribution in [3.05, 3.63) is 29.3 Å². The standard InChI is InChI=1S/C16H21F3N2O/c1-3-7-20-8-10-21(11-9-20)14-6-4-5-13(12(14)2)15(22)16(17,18)19/h4-6H,3,7-11H2,1-2H3. The number of Topliss-reactive ketones (excluding diaryl/α,β-unsaturated/α-hetero) is 1. The van der Waals surface area contributed by atoms with Crippen LogP contribution in [0.1, 0.15) is 29.3 Å². The van der Waals surface area contributed by atoms with E-state index in [1.807, 2.05) is 0 Å². The third kappa shape index (κ3) is 3.61. The van der Waals surface area contributed by atoms with Crippen molar-refractivity contribution in [2.75, 3.05) is 37.6 Å². The van der Waals surface area contributed by atoms with Gasteiger partial charge in [-0.2, -0.15) is 13.2 Å². The largest absolute Gasteiger partial charge is 0.454 e. The Bertz CT molecular complexity index is 535. The zero-order valence-corrected chi connectivity index (χ0v) is 12.9. The maximum atomic E-state index is 12.7. The Morgan fingerprint density at radius 3 is 2.36 bits per heavy atom. The number of rotatable bonds is 4. The molecule has 1 aromatic rings. The van der Waals surface area contributed by atoms with Crippen molar-refractivity contribution in [3.63, 3.8) is 0 Å². The smallest absolute Gasteiger partial charge is 0.369 e. The highest BCUT2D eigenvalue weighted by Crippen LogP contribution is 2.29. The molecule has 0 bridgehead atoms. The van der Waals surface area contributed by atoms with Crippen molar-refractivity contribution in [2.24, 2.45) is 0 Å². The first-order valence-electron chi connectivity index (χ1n) is 7.53. The number of alkyl halides is 3. The van der Waals surface area contributed by atoms with E-state index in [1.165, 1.54) is 12.1 Å². The van der Waals surface area contributed by atoms with E-state index < -0.39 is 12.0 Å². The van der Waals surface area contributed by atoms with Crippen LogP contribution in [0.15, 0.2) is 18.2 Å². The first-order chi connectivity index (χ1) is 10.3. The van der Waals surface area contributed by atoms with Crippen LogP contribution >= 0.6 is 0 Å². The fourth-order valence-corrected chi connectivity index (χ4v) is 2.89. The van der Waals surface area contributed by atoms with Crippen LogP contribution in [0.3, 0.4) is 0 Å². The zero-order chi connectivity index (χ0) is 16.3. The molecule has 0 spiro atoms. The molecule has 122 valence electrons. The molecule has 1 saturated heterocycles. The van der Waals surface area contributed by atoms with Crippen molar-refractivity contribution in [1.82, 2.24) is 4.90 Å². The van der Waals surface area contributed by atoms with Crippen LogP contribution in [0.5, 0.6) is 0 Å². The van der Waals surface area contributed by atoms with Gasteiger partial charge >= 0.3 is 6.18 Å². The number of halogens is 3. The Hall–Kier alpha value is -1.56. The van der Waals surface area contributed by atoms with Crippen LogP contribution in [0, 0.1) is 6.92 Å². The number of nitrogens with zero attached hydrogens (tertiary/aromatic N) is 2. The van der Waals surface area contributed by atoms with Gasteiger partial charge in [-0.15, -0.1) is 0 Å². The fraction of sp³-hybridized carbons (Fsp3) is 0.562. The molecular formula is C16H21F3N2O. The van der Waals surface area contributed by atoms with E-state index in [0.717, 1.165) is 44.8 Å². The Kier molecular flexibility index (Phi) is 5.11. The summed E-state index contributed by atoms with van der Waals surface area (Å²) in [6.07, 6.45) is -3.74. The van der Waals surface area contributed by atoms with Gasteiger partial charge in [-0.25, -0.2) is 0 Å². The molecule has 0 saturated carbocycles. The molecule has 6 heteroatoms. The van der Waals surface area contributed by atoms with Gasteiger partial charge in [0.15, 0.2) is 0 Å². The first kappa shape index (κ1) is 16.8. The van der Waals surface area contributed by atoms with E-state index in [9.17, 15) is 18.0 Å². The molecule has 0 atom stereocenters. The first-order valence-corrected chi connectivity index (χ1v) is 7.53.